The molecule has 1 unspecified atom stereocenters. The van der Waals surface area contributed by atoms with Crippen molar-refractivity contribution < 1.29 is 9.59 Å². The highest BCUT2D eigenvalue weighted by Crippen LogP contribution is 2.25. The smallest absolute Gasteiger partial charge is 0.269 e. The number of hydrazine groups is 1. The van der Waals surface area contributed by atoms with E-state index in [0.717, 1.165) is 5.69 Å². The van der Waals surface area contributed by atoms with Gasteiger partial charge in [-0.1, -0.05) is 29.8 Å². The number of amidine groups is 1. The third kappa shape index (κ3) is 3.49. The molecule has 0 saturated heterocycles. The number of benzene rings is 2. The van der Waals surface area contributed by atoms with E-state index in [2.05, 4.69) is 10.5 Å². The summed E-state index contributed by atoms with van der Waals surface area (Å²) in [6.07, 6.45) is -0.368. The van der Waals surface area contributed by atoms with Crippen LogP contribution in [0.25, 0.3) is 0 Å². The van der Waals surface area contributed by atoms with Gasteiger partial charge in [0, 0.05) is 17.5 Å². The Labute approximate surface area is 150 Å². The fraction of sp³-hybridized carbons (Fsp3) is 0.167. The molecule has 0 fully saturated rings. The minimum atomic E-state index is -0.368. The van der Waals surface area contributed by atoms with Crippen molar-refractivity contribution in [1.29, 1.82) is 0 Å². The molecule has 0 radical (unpaired) electrons. The maximum atomic E-state index is 12.4. The Bertz CT molecular complexity index is 821. The van der Waals surface area contributed by atoms with E-state index in [1.807, 2.05) is 25.1 Å². The van der Waals surface area contributed by atoms with E-state index in [1.165, 1.54) is 11.9 Å². The van der Waals surface area contributed by atoms with E-state index in [9.17, 15) is 9.59 Å². The van der Waals surface area contributed by atoms with Gasteiger partial charge in [0.1, 0.15) is 6.17 Å². The second kappa shape index (κ2) is 6.94. The normalized spacial score (nSPS) is 16.6. The lowest BCUT2D eigenvalue weighted by Gasteiger charge is -2.28. The number of hydrogen-bond donors (Lipinski definition) is 1. The van der Waals surface area contributed by atoms with Gasteiger partial charge < -0.3 is 0 Å². The monoisotopic (exact) mass is 356 g/mol. The molecule has 3 rings (SSSR count). The zero-order chi connectivity index (χ0) is 18.0. The van der Waals surface area contributed by atoms with E-state index in [0.29, 0.717) is 10.6 Å². The van der Waals surface area contributed by atoms with Crippen LogP contribution in [0.3, 0.4) is 0 Å². The second-order valence-corrected chi connectivity index (χ2v) is 6.05. The van der Waals surface area contributed by atoms with E-state index in [1.54, 1.807) is 41.4 Å². The number of ketones is 1. The highest BCUT2D eigenvalue weighted by Gasteiger charge is 2.35. The van der Waals surface area contributed by atoms with Gasteiger partial charge in [0.15, 0.2) is 5.78 Å². The Morgan fingerprint density at radius 3 is 2.32 bits per heavy atom. The Balaban J connectivity index is 1.86. The van der Waals surface area contributed by atoms with Crippen molar-refractivity contribution in [3.8, 4) is 0 Å². The minimum absolute atomic E-state index is 0.173. The Kier molecular flexibility index (Phi) is 4.72. The number of hydrazone groups is 1. The molecule has 0 aliphatic carbocycles. The van der Waals surface area contributed by atoms with Crippen molar-refractivity contribution in [3.05, 3.63) is 65.2 Å². The number of nitrogens with one attached hydrogen (secondary N) is 1. The Morgan fingerprint density at radius 2 is 1.72 bits per heavy atom. The molecule has 2 aromatic rings. The summed E-state index contributed by atoms with van der Waals surface area (Å²) in [6, 6.07) is 15.9. The van der Waals surface area contributed by atoms with Crippen LogP contribution < -0.4 is 10.4 Å². The highest BCUT2D eigenvalue weighted by molar-refractivity contribution is 6.38. The number of carbonyl (C=O) groups excluding carboxylic acids is 2. The number of anilines is 1. The summed E-state index contributed by atoms with van der Waals surface area (Å²) in [6.45, 7) is 3.26. The van der Waals surface area contributed by atoms with Crippen molar-refractivity contribution in [3.63, 3.8) is 0 Å². The number of rotatable bonds is 4. The molecule has 6 nitrogen and oxygen atoms in total. The Morgan fingerprint density at radius 1 is 1.08 bits per heavy atom. The predicted molar refractivity (Wildman–Crippen MR) is 97.3 cm³/mol. The lowest BCUT2D eigenvalue weighted by atomic mass is 10.2. The minimum Gasteiger partial charge on any atom is -0.291 e. The summed E-state index contributed by atoms with van der Waals surface area (Å²) in [5, 5.41) is 8.12. The molecule has 0 spiro atoms. The molecule has 7 heteroatoms. The van der Waals surface area contributed by atoms with Gasteiger partial charge in [-0.3, -0.25) is 15.0 Å². The number of amides is 1. The maximum Gasteiger partial charge on any atom is 0.269 e. The number of nitrogens with zero attached hydrogens (tertiary/aromatic N) is 3. The van der Waals surface area contributed by atoms with Crippen LogP contribution >= 0.6 is 11.6 Å². The third-order valence-corrected chi connectivity index (χ3v) is 4.07. The van der Waals surface area contributed by atoms with Crippen LogP contribution in [-0.2, 0) is 4.79 Å². The van der Waals surface area contributed by atoms with Crippen molar-refractivity contribution >= 4 is 34.8 Å². The van der Waals surface area contributed by atoms with E-state index in [4.69, 9.17) is 11.6 Å². The van der Waals surface area contributed by atoms with Gasteiger partial charge in [0.05, 0.1) is 5.69 Å². The molecule has 1 atom stereocenters. The van der Waals surface area contributed by atoms with Crippen molar-refractivity contribution in [1.82, 2.24) is 10.4 Å². The fourth-order valence-corrected chi connectivity index (χ4v) is 2.66. The van der Waals surface area contributed by atoms with Crippen LogP contribution in [0, 0.1) is 0 Å². The van der Waals surface area contributed by atoms with Crippen LogP contribution in [0.5, 0.6) is 0 Å². The molecule has 1 N–H and O–H groups in total. The molecule has 0 saturated carbocycles. The molecular weight excluding hydrogens is 340 g/mol. The summed E-state index contributed by atoms with van der Waals surface area (Å²) in [5.41, 5.74) is 4.04. The van der Waals surface area contributed by atoms with Crippen LogP contribution in [0.2, 0.25) is 5.02 Å². The van der Waals surface area contributed by atoms with Crippen LogP contribution in [0.15, 0.2) is 59.7 Å². The molecule has 2 aromatic carbocycles. The van der Waals surface area contributed by atoms with Crippen molar-refractivity contribution in [2.75, 3.05) is 5.01 Å². The van der Waals surface area contributed by atoms with Crippen molar-refractivity contribution in [2.45, 2.75) is 20.0 Å². The van der Waals surface area contributed by atoms with Gasteiger partial charge in [-0.05, 0) is 43.3 Å². The first-order valence-corrected chi connectivity index (χ1v) is 8.15. The lowest BCUT2D eigenvalue weighted by Crippen LogP contribution is -2.52. The average Bonchev–Trinajstić information content (AvgIpc) is 2.93. The zero-order valence-corrected chi connectivity index (χ0v) is 14.6. The summed E-state index contributed by atoms with van der Waals surface area (Å²) in [4.78, 5) is 24.4. The van der Waals surface area contributed by atoms with Gasteiger partial charge in [0.25, 0.3) is 5.91 Å². The maximum absolute atomic E-state index is 12.4. The summed E-state index contributed by atoms with van der Waals surface area (Å²) in [7, 11) is 0. The third-order valence-electron chi connectivity index (χ3n) is 3.82. The first-order chi connectivity index (χ1) is 12.0. The van der Waals surface area contributed by atoms with Gasteiger partial charge in [0.2, 0.25) is 5.84 Å². The summed E-state index contributed by atoms with van der Waals surface area (Å²) < 4.78 is 0. The van der Waals surface area contributed by atoms with Crippen LogP contribution in [0.1, 0.15) is 24.2 Å². The van der Waals surface area contributed by atoms with E-state index >= 15 is 0 Å². The van der Waals surface area contributed by atoms with Gasteiger partial charge in [-0.15, -0.1) is 5.10 Å². The van der Waals surface area contributed by atoms with Gasteiger partial charge in [-0.25, -0.2) is 10.0 Å². The first-order valence-electron chi connectivity index (χ1n) is 7.77. The molecule has 128 valence electrons. The molecule has 1 aliphatic rings. The first kappa shape index (κ1) is 17.0. The topological polar surface area (TPSA) is 65.0 Å². The predicted octanol–water partition coefficient (Wildman–Crippen LogP) is 3.06. The number of carbonyl (C=O) groups is 2. The number of hydrogen-bond acceptors (Lipinski definition) is 5. The fourth-order valence-electron chi connectivity index (χ4n) is 2.54. The van der Waals surface area contributed by atoms with Crippen LogP contribution in [0.4, 0.5) is 5.69 Å². The molecule has 0 bridgehead atoms. The number of halogens is 1. The highest BCUT2D eigenvalue weighted by atomic mass is 35.5. The molecular formula is C18H17ClN4O2. The van der Waals surface area contributed by atoms with Gasteiger partial charge >= 0.3 is 0 Å². The Hall–Kier alpha value is -2.86. The summed E-state index contributed by atoms with van der Waals surface area (Å²) in [5.74, 6) is -0.372. The molecule has 1 heterocycles. The standard InChI is InChI=1S/C18H17ClN4O2/c1-12(24)17-20-22(16-10-8-15(19)9-11-16)13(2)23(17)21-18(25)14-6-4-3-5-7-14/h3-11,13H,1-2H3,(H,21,25). The second-order valence-electron chi connectivity index (χ2n) is 5.61. The SMILES string of the molecule is CC(=O)C1=NN(c2ccc(Cl)cc2)C(C)N1NC(=O)c1ccccc1. The van der Waals surface area contributed by atoms with Gasteiger partial charge in [-0.2, -0.15) is 0 Å². The van der Waals surface area contributed by atoms with E-state index < -0.39 is 0 Å². The summed E-state index contributed by atoms with van der Waals surface area (Å²) >= 11 is 5.92. The number of Topliss-reactive ketones (excluding diaryl/α,β-unsaturated/α-hetero) is 1. The largest absolute Gasteiger partial charge is 0.291 e. The average molecular weight is 357 g/mol. The lowest BCUT2D eigenvalue weighted by molar-refractivity contribution is -0.111. The van der Waals surface area contributed by atoms with Crippen LogP contribution in [-0.4, -0.2) is 28.7 Å². The molecule has 1 aliphatic heterocycles. The zero-order valence-electron chi connectivity index (χ0n) is 13.8. The van der Waals surface area contributed by atoms with E-state index in [-0.39, 0.29) is 23.7 Å². The van der Waals surface area contributed by atoms with Crippen molar-refractivity contribution in [2.24, 2.45) is 5.10 Å². The quantitative estimate of drug-likeness (QED) is 0.914. The molecule has 0 aromatic heterocycles. The molecule has 25 heavy (non-hydrogen) atoms. The molecule has 1 amide bonds.